The number of carbonyl (C=O) groups is 1. The Labute approximate surface area is 149 Å². The summed E-state index contributed by atoms with van der Waals surface area (Å²) < 4.78 is 11.1. The van der Waals surface area contributed by atoms with Crippen LogP contribution in [0.2, 0.25) is 0 Å². The highest BCUT2D eigenvalue weighted by atomic mass is 16.5. The van der Waals surface area contributed by atoms with Crippen molar-refractivity contribution in [3.8, 4) is 11.5 Å². The number of fused-ring (bicyclic) bond motifs is 1. The zero-order valence-corrected chi connectivity index (χ0v) is 14.9. The first-order valence-corrected chi connectivity index (χ1v) is 8.85. The van der Waals surface area contributed by atoms with Gasteiger partial charge in [-0.25, -0.2) is 0 Å². The molecule has 0 spiro atoms. The van der Waals surface area contributed by atoms with Crippen LogP contribution in [0.5, 0.6) is 11.5 Å². The molecule has 1 amide bonds. The monoisotopic (exact) mass is 339 g/mol. The van der Waals surface area contributed by atoms with Crippen molar-refractivity contribution in [2.75, 3.05) is 7.11 Å². The van der Waals surface area contributed by atoms with Crippen molar-refractivity contribution in [2.45, 2.75) is 45.3 Å². The molecule has 132 valence electrons. The van der Waals surface area contributed by atoms with Crippen molar-refractivity contribution in [2.24, 2.45) is 0 Å². The van der Waals surface area contributed by atoms with Gasteiger partial charge in [0.25, 0.3) is 5.91 Å². The molecule has 3 rings (SSSR count). The minimum Gasteiger partial charge on any atom is -0.496 e. The van der Waals surface area contributed by atoms with E-state index in [4.69, 9.17) is 9.47 Å². The summed E-state index contributed by atoms with van der Waals surface area (Å²) in [6.45, 7) is 2.19. The SMILES string of the molecule is COc1ccccc1CNC(=O)[C@@H](C)Oc1ccc2c(c1)CCCC2. The number of rotatable bonds is 6. The summed E-state index contributed by atoms with van der Waals surface area (Å²) in [5, 5.41) is 2.91. The molecule has 0 aliphatic heterocycles. The number of para-hydroxylation sites is 1. The van der Waals surface area contributed by atoms with E-state index in [1.807, 2.05) is 30.3 Å². The molecule has 0 aromatic heterocycles. The van der Waals surface area contributed by atoms with E-state index in [-0.39, 0.29) is 5.91 Å². The standard InChI is InChI=1S/C21H25NO3/c1-15(21(23)22-14-18-9-5-6-10-20(18)24-2)25-19-12-11-16-7-3-4-8-17(16)13-19/h5-6,9-13,15H,3-4,7-8,14H2,1-2H3,(H,22,23)/t15-/m1/s1. The van der Waals surface area contributed by atoms with Gasteiger partial charge in [-0.15, -0.1) is 0 Å². The molecule has 0 radical (unpaired) electrons. The Morgan fingerprint density at radius 2 is 1.88 bits per heavy atom. The lowest BCUT2D eigenvalue weighted by molar-refractivity contribution is -0.127. The van der Waals surface area contributed by atoms with Crippen molar-refractivity contribution >= 4 is 5.91 Å². The molecule has 1 aliphatic carbocycles. The van der Waals surface area contributed by atoms with Gasteiger partial charge in [0.2, 0.25) is 0 Å². The number of ether oxygens (including phenoxy) is 2. The molecular formula is C21H25NO3. The molecule has 25 heavy (non-hydrogen) atoms. The minimum atomic E-state index is -0.545. The second kappa shape index (κ2) is 8.06. The summed E-state index contributed by atoms with van der Waals surface area (Å²) in [4.78, 5) is 12.3. The number of aryl methyl sites for hydroxylation is 2. The third kappa shape index (κ3) is 4.32. The lowest BCUT2D eigenvalue weighted by Gasteiger charge is -2.19. The molecule has 4 heteroatoms. The van der Waals surface area contributed by atoms with Crippen LogP contribution in [-0.2, 0) is 24.2 Å². The summed E-state index contributed by atoms with van der Waals surface area (Å²) in [6.07, 6.45) is 4.18. The average Bonchev–Trinajstić information content (AvgIpc) is 2.66. The van der Waals surface area contributed by atoms with E-state index in [1.165, 1.54) is 24.0 Å². The average molecular weight is 339 g/mol. The van der Waals surface area contributed by atoms with Crippen molar-refractivity contribution in [3.05, 3.63) is 59.2 Å². The summed E-state index contributed by atoms with van der Waals surface area (Å²) in [7, 11) is 1.63. The van der Waals surface area contributed by atoms with Crippen LogP contribution in [0.1, 0.15) is 36.5 Å². The Balaban J connectivity index is 1.57. The third-order valence-corrected chi connectivity index (χ3v) is 4.65. The van der Waals surface area contributed by atoms with Crippen LogP contribution in [0.15, 0.2) is 42.5 Å². The molecule has 0 heterocycles. The van der Waals surface area contributed by atoms with Gasteiger partial charge in [0, 0.05) is 12.1 Å². The van der Waals surface area contributed by atoms with Crippen LogP contribution in [-0.4, -0.2) is 19.1 Å². The summed E-state index contributed by atoms with van der Waals surface area (Å²) in [6, 6.07) is 13.8. The molecule has 0 unspecified atom stereocenters. The van der Waals surface area contributed by atoms with Crippen LogP contribution in [0.4, 0.5) is 0 Å². The molecular weight excluding hydrogens is 314 g/mol. The quantitative estimate of drug-likeness (QED) is 0.874. The number of hydrogen-bond donors (Lipinski definition) is 1. The third-order valence-electron chi connectivity index (χ3n) is 4.65. The molecule has 2 aromatic rings. The maximum Gasteiger partial charge on any atom is 0.261 e. The Kier molecular flexibility index (Phi) is 5.59. The Hall–Kier alpha value is -2.49. The molecule has 1 atom stereocenters. The van der Waals surface area contributed by atoms with Crippen molar-refractivity contribution < 1.29 is 14.3 Å². The first kappa shape index (κ1) is 17.3. The molecule has 1 N–H and O–H groups in total. The van der Waals surface area contributed by atoms with Crippen LogP contribution < -0.4 is 14.8 Å². The molecule has 2 aromatic carbocycles. The van der Waals surface area contributed by atoms with Crippen molar-refractivity contribution in [1.82, 2.24) is 5.32 Å². The smallest absolute Gasteiger partial charge is 0.261 e. The predicted octanol–water partition coefficient (Wildman–Crippen LogP) is 3.66. The fourth-order valence-electron chi connectivity index (χ4n) is 3.22. The van der Waals surface area contributed by atoms with E-state index >= 15 is 0 Å². The Bertz CT molecular complexity index is 742. The zero-order valence-electron chi connectivity index (χ0n) is 14.9. The van der Waals surface area contributed by atoms with Crippen LogP contribution in [0, 0.1) is 0 Å². The van der Waals surface area contributed by atoms with Gasteiger partial charge in [0.15, 0.2) is 6.10 Å². The first-order valence-electron chi connectivity index (χ1n) is 8.85. The molecule has 0 bridgehead atoms. The second-order valence-electron chi connectivity index (χ2n) is 6.43. The second-order valence-corrected chi connectivity index (χ2v) is 6.43. The highest BCUT2D eigenvalue weighted by molar-refractivity contribution is 5.80. The Morgan fingerprint density at radius 1 is 1.12 bits per heavy atom. The maximum absolute atomic E-state index is 12.3. The molecule has 0 fully saturated rings. The van der Waals surface area contributed by atoms with Crippen LogP contribution >= 0.6 is 0 Å². The fourth-order valence-corrected chi connectivity index (χ4v) is 3.22. The summed E-state index contributed by atoms with van der Waals surface area (Å²) in [5.41, 5.74) is 3.71. The Morgan fingerprint density at radius 3 is 2.68 bits per heavy atom. The van der Waals surface area contributed by atoms with Gasteiger partial charge < -0.3 is 14.8 Å². The lowest BCUT2D eigenvalue weighted by atomic mass is 9.92. The number of amides is 1. The van der Waals surface area contributed by atoms with Gasteiger partial charge in [0.1, 0.15) is 11.5 Å². The molecule has 1 aliphatic rings. The van der Waals surface area contributed by atoms with Gasteiger partial charge in [-0.2, -0.15) is 0 Å². The van der Waals surface area contributed by atoms with Gasteiger partial charge in [0.05, 0.1) is 7.11 Å². The lowest BCUT2D eigenvalue weighted by Crippen LogP contribution is -2.36. The van der Waals surface area contributed by atoms with Crippen molar-refractivity contribution in [3.63, 3.8) is 0 Å². The number of hydrogen-bond acceptors (Lipinski definition) is 3. The minimum absolute atomic E-state index is 0.136. The van der Waals surface area contributed by atoms with Gasteiger partial charge in [-0.1, -0.05) is 24.3 Å². The summed E-state index contributed by atoms with van der Waals surface area (Å²) in [5.74, 6) is 1.40. The first-order chi connectivity index (χ1) is 12.2. The highest BCUT2D eigenvalue weighted by Gasteiger charge is 2.16. The van der Waals surface area contributed by atoms with E-state index in [1.54, 1.807) is 14.0 Å². The van der Waals surface area contributed by atoms with E-state index in [9.17, 15) is 4.79 Å². The maximum atomic E-state index is 12.3. The molecule has 4 nitrogen and oxygen atoms in total. The normalized spacial score (nSPS) is 14.3. The highest BCUT2D eigenvalue weighted by Crippen LogP contribution is 2.26. The van der Waals surface area contributed by atoms with E-state index in [0.29, 0.717) is 6.54 Å². The van der Waals surface area contributed by atoms with E-state index in [0.717, 1.165) is 29.9 Å². The van der Waals surface area contributed by atoms with E-state index in [2.05, 4.69) is 17.4 Å². The summed E-state index contributed by atoms with van der Waals surface area (Å²) >= 11 is 0. The number of methoxy groups -OCH3 is 1. The number of carbonyl (C=O) groups excluding carboxylic acids is 1. The topological polar surface area (TPSA) is 47.6 Å². The largest absolute Gasteiger partial charge is 0.496 e. The zero-order chi connectivity index (χ0) is 17.6. The van der Waals surface area contributed by atoms with Gasteiger partial charge in [-0.3, -0.25) is 4.79 Å². The number of nitrogens with one attached hydrogen (secondary N) is 1. The molecule has 0 saturated carbocycles. The van der Waals surface area contributed by atoms with Gasteiger partial charge in [-0.05, 0) is 61.9 Å². The predicted molar refractivity (Wildman–Crippen MR) is 98.0 cm³/mol. The van der Waals surface area contributed by atoms with Gasteiger partial charge >= 0.3 is 0 Å². The van der Waals surface area contributed by atoms with Crippen LogP contribution in [0.3, 0.4) is 0 Å². The van der Waals surface area contributed by atoms with Crippen LogP contribution in [0.25, 0.3) is 0 Å². The van der Waals surface area contributed by atoms with E-state index < -0.39 is 6.10 Å². The van der Waals surface area contributed by atoms with Crippen molar-refractivity contribution in [1.29, 1.82) is 0 Å². The molecule has 0 saturated heterocycles. The number of benzene rings is 2. The fraction of sp³-hybridized carbons (Fsp3) is 0.381.